The highest BCUT2D eigenvalue weighted by Crippen LogP contribution is 2.14. The molecular formula is C21H19N5O2. The predicted molar refractivity (Wildman–Crippen MR) is 110 cm³/mol. The number of fused-ring (bicyclic) bond motifs is 1. The van der Waals surface area contributed by atoms with Gasteiger partial charge in [-0.3, -0.25) is 14.6 Å². The Labute approximate surface area is 161 Å². The van der Waals surface area contributed by atoms with Crippen LogP contribution in [0, 0.1) is 6.92 Å². The van der Waals surface area contributed by atoms with Crippen molar-refractivity contribution in [3.63, 3.8) is 0 Å². The second-order valence-electron chi connectivity index (χ2n) is 6.23. The zero-order valence-corrected chi connectivity index (χ0v) is 15.3. The van der Waals surface area contributed by atoms with Crippen LogP contribution in [0.3, 0.4) is 0 Å². The third-order valence-electron chi connectivity index (χ3n) is 4.26. The number of hydrogen-bond acceptors (Lipinski definition) is 6. The Hall–Kier alpha value is -3.87. The summed E-state index contributed by atoms with van der Waals surface area (Å²) in [6, 6.07) is 16.9. The molecule has 4 rings (SSSR count). The Morgan fingerprint density at radius 1 is 1.14 bits per heavy atom. The summed E-state index contributed by atoms with van der Waals surface area (Å²) in [5, 5.41) is 7.40. The average molecular weight is 373 g/mol. The monoisotopic (exact) mass is 373 g/mol. The van der Waals surface area contributed by atoms with Crippen LogP contribution in [-0.4, -0.2) is 15.6 Å². The van der Waals surface area contributed by atoms with Gasteiger partial charge in [0, 0.05) is 6.20 Å². The number of para-hydroxylation sites is 1. The summed E-state index contributed by atoms with van der Waals surface area (Å²) in [7, 11) is 0. The standard InChI is InChI=1S/C21H19N5O2/c1-15-7-5-11-26-20(15)24-19(22-13-17-10-6-12-28-17)18(21(26)27)14-23-25-16-8-3-2-4-9-16/h2-12,14,22,25H,13H2,1H3. The molecule has 0 aliphatic heterocycles. The topological polar surface area (TPSA) is 83.9 Å². The van der Waals surface area contributed by atoms with Crippen molar-refractivity contribution < 1.29 is 4.42 Å². The molecule has 0 saturated heterocycles. The zero-order chi connectivity index (χ0) is 19.3. The predicted octanol–water partition coefficient (Wildman–Crippen LogP) is 3.65. The quantitative estimate of drug-likeness (QED) is 0.398. The van der Waals surface area contributed by atoms with Gasteiger partial charge in [0.15, 0.2) is 0 Å². The summed E-state index contributed by atoms with van der Waals surface area (Å²) in [6.45, 7) is 2.33. The van der Waals surface area contributed by atoms with Gasteiger partial charge in [-0.2, -0.15) is 5.10 Å². The Morgan fingerprint density at radius 3 is 2.79 bits per heavy atom. The van der Waals surface area contributed by atoms with E-state index in [0.29, 0.717) is 23.6 Å². The number of hydrazone groups is 1. The van der Waals surface area contributed by atoms with E-state index in [0.717, 1.165) is 17.0 Å². The van der Waals surface area contributed by atoms with Gasteiger partial charge in [-0.15, -0.1) is 0 Å². The maximum Gasteiger partial charge on any atom is 0.268 e. The summed E-state index contributed by atoms with van der Waals surface area (Å²) in [5.74, 6) is 1.20. The van der Waals surface area contributed by atoms with Crippen molar-refractivity contribution in [2.75, 3.05) is 10.7 Å². The minimum Gasteiger partial charge on any atom is -0.467 e. The second-order valence-corrected chi connectivity index (χ2v) is 6.23. The van der Waals surface area contributed by atoms with Crippen molar-refractivity contribution in [2.24, 2.45) is 5.10 Å². The molecule has 28 heavy (non-hydrogen) atoms. The summed E-state index contributed by atoms with van der Waals surface area (Å²) >= 11 is 0. The molecule has 3 heterocycles. The molecule has 7 nitrogen and oxygen atoms in total. The summed E-state index contributed by atoms with van der Waals surface area (Å²) in [4.78, 5) is 17.7. The van der Waals surface area contributed by atoms with Crippen LogP contribution in [0.4, 0.5) is 11.5 Å². The molecule has 0 aliphatic rings. The van der Waals surface area contributed by atoms with Crippen molar-refractivity contribution in [1.82, 2.24) is 9.38 Å². The van der Waals surface area contributed by atoms with E-state index in [4.69, 9.17) is 4.42 Å². The lowest BCUT2D eigenvalue weighted by atomic mass is 10.2. The minimum absolute atomic E-state index is 0.200. The molecule has 7 heteroatoms. The van der Waals surface area contributed by atoms with E-state index < -0.39 is 0 Å². The van der Waals surface area contributed by atoms with Gasteiger partial charge in [0.1, 0.15) is 22.8 Å². The molecular weight excluding hydrogens is 354 g/mol. The van der Waals surface area contributed by atoms with E-state index in [9.17, 15) is 4.79 Å². The minimum atomic E-state index is -0.200. The number of aromatic nitrogens is 2. The molecule has 0 amide bonds. The van der Waals surface area contributed by atoms with Crippen LogP contribution in [-0.2, 0) is 6.54 Å². The van der Waals surface area contributed by atoms with Crippen LogP contribution in [0.25, 0.3) is 5.65 Å². The number of benzene rings is 1. The molecule has 0 bridgehead atoms. The van der Waals surface area contributed by atoms with Crippen LogP contribution in [0.1, 0.15) is 16.9 Å². The number of nitrogens with one attached hydrogen (secondary N) is 2. The third-order valence-corrected chi connectivity index (χ3v) is 4.26. The smallest absolute Gasteiger partial charge is 0.268 e. The van der Waals surface area contributed by atoms with Crippen LogP contribution in [0.5, 0.6) is 0 Å². The Bertz CT molecular complexity index is 1160. The van der Waals surface area contributed by atoms with Crippen molar-refractivity contribution in [1.29, 1.82) is 0 Å². The molecule has 0 unspecified atom stereocenters. The molecule has 0 atom stereocenters. The summed E-state index contributed by atoms with van der Waals surface area (Å²) in [5.41, 5.74) is 5.42. The van der Waals surface area contributed by atoms with E-state index >= 15 is 0 Å². The first-order chi connectivity index (χ1) is 13.7. The first kappa shape index (κ1) is 17.5. The third kappa shape index (κ3) is 3.64. The Morgan fingerprint density at radius 2 is 2.00 bits per heavy atom. The fourth-order valence-corrected chi connectivity index (χ4v) is 2.83. The van der Waals surface area contributed by atoms with Crippen LogP contribution < -0.4 is 16.3 Å². The van der Waals surface area contributed by atoms with E-state index in [2.05, 4.69) is 20.8 Å². The lowest BCUT2D eigenvalue weighted by molar-refractivity contribution is 0.518. The molecule has 1 aromatic carbocycles. The number of hydrogen-bond donors (Lipinski definition) is 2. The van der Waals surface area contributed by atoms with Gasteiger partial charge in [-0.1, -0.05) is 24.3 Å². The number of pyridine rings is 1. The fourth-order valence-electron chi connectivity index (χ4n) is 2.83. The van der Waals surface area contributed by atoms with Gasteiger partial charge in [-0.05, 0) is 42.8 Å². The molecule has 0 radical (unpaired) electrons. The molecule has 0 spiro atoms. The SMILES string of the molecule is Cc1cccn2c(=O)c(C=NNc3ccccc3)c(NCc3ccco3)nc12. The first-order valence-corrected chi connectivity index (χ1v) is 8.85. The zero-order valence-electron chi connectivity index (χ0n) is 15.3. The van der Waals surface area contributed by atoms with Crippen molar-refractivity contribution in [3.8, 4) is 0 Å². The fraction of sp³-hybridized carbons (Fsp3) is 0.0952. The van der Waals surface area contributed by atoms with Crippen LogP contribution in [0.2, 0.25) is 0 Å². The number of aryl methyl sites for hydroxylation is 1. The lowest BCUT2D eigenvalue weighted by Gasteiger charge is -2.11. The van der Waals surface area contributed by atoms with Gasteiger partial charge in [0.25, 0.3) is 5.56 Å². The Balaban J connectivity index is 1.72. The second kappa shape index (κ2) is 7.79. The molecule has 0 aliphatic carbocycles. The number of furan rings is 1. The first-order valence-electron chi connectivity index (χ1n) is 8.85. The van der Waals surface area contributed by atoms with Crippen LogP contribution >= 0.6 is 0 Å². The molecule has 0 fully saturated rings. The molecule has 4 aromatic rings. The lowest BCUT2D eigenvalue weighted by Crippen LogP contribution is -2.23. The summed E-state index contributed by atoms with van der Waals surface area (Å²) < 4.78 is 6.88. The highest BCUT2D eigenvalue weighted by atomic mass is 16.3. The Kier molecular flexibility index (Phi) is 4.88. The molecule has 140 valence electrons. The number of rotatable bonds is 6. The average Bonchev–Trinajstić information content (AvgIpc) is 3.23. The highest BCUT2D eigenvalue weighted by Gasteiger charge is 2.13. The molecule has 2 N–H and O–H groups in total. The van der Waals surface area contributed by atoms with Gasteiger partial charge >= 0.3 is 0 Å². The van der Waals surface area contributed by atoms with E-state index in [-0.39, 0.29) is 5.56 Å². The highest BCUT2D eigenvalue weighted by molar-refractivity contribution is 5.87. The molecule has 0 saturated carbocycles. The van der Waals surface area contributed by atoms with E-state index in [1.807, 2.05) is 61.5 Å². The van der Waals surface area contributed by atoms with Gasteiger partial charge in [0.2, 0.25) is 0 Å². The van der Waals surface area contributed by atoms with Crippen molar-refractivity contribution in [2.45, 2.75) is 13.5 Å². The maximum atomic E-state index is 13.0. The van der Waals surface area contributed by atoms with Crippen LogP contribution in [0.15, 0.2) is 81.4 Å². The molecule has 3 aromatic heterocycles. The van der Waals surface area contributed by atoms with Gasteiger partial charge < -0.3 is 9.73 Å². The van der Waals surface area contributed by atoms with E-state index in [1.165, 1.54) is 10.6 Å². The van der Waals surface area contributed by atoms with Gasteiger partial charge in [-0.25, -0.2) is 4.98 Å². The largest absolute Gasteiger partial charge is 0.467 e. The maximum absolute atomic E-state index is 13.0. The summed E-state index contributed by atoms with van der Waals surface area (Å²) in [6.07, 6.45) is 4.80. The normalized spacial score (nSPS) is 11.2. The van der Waals surface area contributed by atoms with E-state index in [1.54, 1.807) is 12.5 Å². The number of nitrogens with zero attached hydrogens (tertiary/aromatic N) is 3. The van der Waals surface area contributed by atoms with Gasteiger partial charge in [0.05, 0.1) is 24.7 Å². The van der Waals surface area contributed by atoms with Crippen molar-refractivity contribution in [3.05, 3.63) is 94.3 Å². The number of anilines is 2. The van der Waals surface area contributed by atoms with Crippen molar-refractivity contribution >= 4 is 23.4 Å².